The predicted octanol–water partition coefficient (Wildman–Crippen LogP) is 1.88. The smallest absolute Gasteiger partial charge is 0.122 e. The highest BCUT2D eigenvalue weighted by atomic mass is 79.9. The summed E-state index contributed by atoms with van der Waals surface area (Å²) in [6.45, 7) is 0.756. The molecule has 0 saturated carbocycles. The molecule has 90 valence electrons. The van der Waals surface area contributed by atoms with Crippen molar-refractivity contribution in [3.63, 3.8) is 0 Å². The first kappa shape index (κ1) is 13.3. The van der Waals surface area contributed by atoms with Crippen LogP contribution >= 0.6 is 15.9 Å². The van der Waals surface area contributed by atoms with Gasteiger partial charge < -0.3 is 19.9 Å². The van der Waals surface area contributed by atoms with E-state index in [-0.39, 0.29) is 0 Å². The molecule has 1 aromatic rings. The number of aliphatic hydroxyl groups is 1. The number of hydrogen-bond acceptors (Lipinski definition) is 4. The molecular formula is C11H16BrNO3. The van der Waals surface area contributed by atoms with Gasteiger partial charge in [-0.2, -0.15) is 0 Å². The van der Waals surface area contributed by atoms with Gasteiger partial charge in [0.05, 0.1) is 19.8 Å². The fourth-order valence-corrected chi connectivity index (χ4v) is 1.74. The highest BCUT2D eigenvalue weighted by Gasteiger charge is 2.04. The van der Waals surface area contributed by atoms with Gasteiger partial charge in [-0.25, -0.2) is 0 Å². The second-order valence-electron chi connectivity index (χ2n) is 3.37. The number of benzene rings is 1. The van der Waals surface area contributed by atoms with E-state index >= 15 is 0 Å². The normalized spacial score (nSPS) is 12.2. The molecule has 0 aliphatic heterocycles. The molecule has 0 radical (unpaired) electrons. The van der Waals surface area contributed by atoms with Crippen molar-refractivity contribution in [1.29, 1.82) is 0 Å². The van der Waals surface area contributed by atoms with Crippen molar-refractivity contribution in [1.82, 2.24) is 0 Å². The summed E-state index contributed by atoms with van der Waals surface area (Å²) in [5, 5.41) is 12.6. The average Bonchev–Trinajstić information content (AvgIpc) is 2.26. The van der Waals surface area contributed by atoms with Gasteiger partial charge in [0.2, 0.25) is 0 Å². The summed E-state index contributed by atoms with van der Waals surface area (Å²) < 4.78 is 10.9. The third-order valence-corrected chi connectivity index (χ3v) is 2.47. The summed E-state index contributed by atoms with van der Waals surface area (Å²) in [4.78, 5) is 0. The van der Waals surface area contributed by atoms with Crippen LogP contribution < -0.4 is 10.1 Å². The van der Waals surface area contributed by atoms with Crippen molar-refractivity contribution < 1.29 is 14.6 Å². The second-order valence-corrected chi connectivity index (χ2v) is 4.29. The van der Waals surface area contributed by atoms with E-state index in [1.165, 1.54) is 0 Å². The van der Waals surface area contributed by atoms with Crippen molar-refractivity contribution >= 4 is 21.6 Å². The molecule has 16 heavy (non-hydrogen) atoms. The van der Waals surface area contributed by atoms with Gasteiger partial charge in [-0.3, -0.25) is 0 Å². The summed E-state index contributed by atoms with van der Waals surface area (Å²) in [6, 6.07) is 5.66. The predicted molar refractivity (Wildman–Crippen MR) is 67.1 cm³/mol. The van der Waals surface area contributed by atoms with Crippen molar-refractivity contribution in [2.45, 2.75) is 6.10 Å². The fraction of sp³-hybridized carbons (Fsp3) is 0.455. The zero-order chi connectivity index (χ0) is 12.0. The van der Waals surface area contributed by atoms with Crippen molar-refractivity contribution in [2.75, 3.05) is 32.7 Å². The molecule has 5 heteroatoms. The Labute approximate surface area is 104 Å². The van der Waals surface area contributed by atoms with Crippen LogP contribution in [0.25, 0.3) is 0 Å². The third kappa shape index (κ3) is 4.38. The average molecular weight is 290 g/mol. The first-order chi connectivity index (χ1) is 7.65. The molecule has 0 bridgehead atoms. The molecule has 1 rings (SSSR count). The van der Waals surface area contributed by atoms with Gasteiger partial charge in [0, 0.05) is 29.9 Å². The SMILES string of the molecule is COCC(O)CNc1cc(Br)cc(OC)c1. The topological polar surface area (TPSA) is 50.7 Å². The minimum Gasteiger partial charge on any atom is -0.497 e. The summed E-state index contributed by atoms with van der Waals surface area (Å²) in [6.07, 6.45) is -0.519. The Bertz CT molecular complexity index is 333. The Morgan fingerprint density at radius 3 is 2.75 bits per heavy atom. The number of methoxy groups -OCH3 is 2. The Kier molecular flexibility index (Phi) is 5.59. The largest absolute Gasteiger partial charge is 0.497 e. The quantitative estimate of drug-likeness (QED) is 0.840. The lowest BCUT2D eigenvalue weighted by Gasteiger charge is -2.13. The molecule has 0 amide bonds. The van der Waals surface area contributed by atoms with Gasteiger partial charge in [-0.1, -0.05) is 15.9 Å². The number of hydrogen-bond donors (Lipinski definition) is 2. The minimum atomic E-state index is -0.519. The Balaban J connectivity index is 2.56. The summed E-state index contributed by atoms with van der Waals surface area (Å²) in [5.74, 6) is 0.762. The van der Waals surface area contributed by atoms with Crippen LogP contribution in [0.1, 0.15) is 0 Å². The monoisotopic (exact) mass is 289 g/mol. The van der Waals surface area contributed by atoms with Crippen LogP contribution in [0.15, 0.2) is 22.7 Å². The molecule has 0 saturated heterocycles. The molecule has 2 N–H and O–H groups in total. The third-order valence-electron chi connectivity index (χ3n) is 2.01. The van der Waals surface area contributed by atoms with E-state index in [0.717, 1.165) is 15.9 Å². The van der Waals surface area contributed by atoms with Crippen molar-refractivity contribution in [3.8, 4) is 5.75 Å². The van der Waals surface area contributed by atoms with Gasteiger partial charge in [-0.15, -0.1) is 0 Å². The van der Waals surface area contributed by atoms with Gasteiger partial charge in [0.15, 0.2) is 0 Å². The van der Waals surface area contributed by atoms with Gasteiger partial charge in [-0.05, 0) is 12.1 Å². The lowest BCUT2D eigenvalue weighted by Crippen LogP contribution is -2.24. The van der Waals surface area contributed by atoms with Crippen LogP contribution in [0.4, 0.5) is 5.69 Å². The van der Waals surface area contributed by atoms with Crippen LogP contribution in [-0.2, 0) is 4.74 Å². The number of aliphatic hydroxyl groups excluding tert-OH is 1. The highest BCUT2D eigenvalue weighted by Crippen LogP contribution is 2.24. The standard InChI is InChI=1S/C11H16BrNO3/c1-15-7-10(14)6-13-9-3-8(12)4-11(5-9)16-2/h3-5,10,13-14H,6-7H2,1-2H3. The maximum Gasteiger partial charge on any atom is 0.122 e. The Morgan fingerprint density at radius 1 is 1.38 bits per heavy atom. The van der Waals surface area contributed by atoms with Crippen molar-refractivity contribution in [3.05, 3.63) is 22.7 Å². The molecule has 1 aromatic carbocycles. The van der Waals surface area contributed by atoms with E-state index in [4.69, 9.17) is 9.47 Å². The summed E-state index contributed by atoms with van der Waals surface area (Å²) in [5.41, 5.74) is 0.890. The van der Waals surface area contributed by atoms with Crippen LogP contribution in [0.5, 0.6) is 5.75 Å². The van der Waals surface area contributed by atoms with Crippen molar-refractivity contribution in [2.24, 2.45) is 0 Å². The Hall–Kier alpha value is -0.780. The maximum atomic E-state index is 9.48. The molecule has 0 heterocycles. The number of rotatable bonds is 6. The first-order valence-corrected chi connectivity index (χ1v) is 5.70. The summed E-state index contributed by atoms with van der Waals surface area (Å²) >= 11 is 3.38. The van der Waals surface area contributed by atoms with Crippen LogP contribution in [-0.4, -0.2) is 38.6 Å². The number of anilines is 1. The van der Waals surface area contributed by atoms with Gasteiger partial charge in [0.1, 0.15) is 5.75 Å². The van der Waals surface area contributed by atoms with Crippen LogP contribution in [0.2, 0.25) is 0 Å². The first-order valence-electron chi connectivity index (χ1n) is 4.91. The zero-order valence-corrected chi connectivity index (χ0v) is 11.0. The maximum absolute atomic E-state index is 9.48. The second kappa shape index (κ2) is 6.73. The van der Waals surface area contributed by atoms with E-state index in [0.29, 0.717) is 13.2 Å². The number of ether oxygens (including phenoxy) is 2. The van der Waals surface area contributed by atoms with E-state index < -0.39 is 6.10 Å². The molecule has 0 fully saturated rings. The molecule has 0 aliphatic rings. The van der Waals surface area contributed by atoms with Gasteiger partial charge in [0.25, 0.3) is 0 Å². The molecule has 1 unspecified atom stereocenters. The molecule has 4 nitrogen and oxygen atoms in total. The molecular weight excluding hydrogens is 274 g/mol. The van der Waals surface area contributed by atoms with Gasteiger partial charge >= 0.3 is 0 Å². The van der Waals surface area contributed by atoms with Crippen LogP contribution in [0.3, 0.4) is 0 Å². The molecule has 0 aliphatic carbocycles. The molecule has 0 spiro atoms. The zero-order valence-electron chi connectivity index (χ0n) is 9.37. The molecule has 1 atom stereocenters. The Morgan fingerprint density at radius 2 is 2.12 bits per heavy atom. The molecule has 0 aromatic heterocycles. The van der Waals surface area contributed by atoms with E-state index in [2.05, 4.69) is 21.2 Å². The van der Waals surface area contributed by atoms with E-state index in [9.17, 15) is 5.11 Å². The van der Waals surface area contributed by atoms with E-state index in [1.54, 1.807) is 14.2 Å². The lowest BCUT2D eigenvalue weighted by atomic mass is 10.3. The number of nitrogens with one attached hydrogen (secondary N) is 1. The highest BCUT2D eigenvalue weighted by molar-refractivity contribution is 9.10. The number of halogens is 1. The lowest BCUT2D eigenvalue weighted by molar-refractivity contribution is 0.0727. The van der Waals surface area contributed by atoms with Crippen LogP contribution in [0, 0.1) is 0 Å². The van der Waals surface area contributed by atoms with E-state index in [1.807, 2.05) is 18.2 Å². The fourth-order valence-electron chi connectivity index (χ4n) is 1.27. The minimum absolute atomic E-state index is 0.318. The summed E-state index contributed by atoms with van der Waals surface area (Å²) in [7, 11) is 3.18.